The van der Waals surface area contributed by atoms with E-state index in [-0.39, 0.29) is 23.2 Å². The van der Waals surface area contributed by atoms with Crippen molar-refractivity contribution in [2.24, 2.45) is 5.92 Å². The topological polar surface area (TPSA) is 91.0 Å². The molecule has 1 saturated carbocycles. The van der Waals surface area contributed by atoms with Gasteiger partial charge in [-0.2, -0.15) is 10.4 Å². The van der Waals surface area contributed by atoms with Crippen molar-refractivity contribution < 1.29 is 9.59 Å². The van der Waals surface area contributed by atoms with Crippen molar-refractivity contribution in [1.82, 2.24) is 9.78 Å². The lowest BCUT2D eigenvalue weighted by Gasteiger charge is -2.34. The lowest BCUT2D eigenvalue weighted by molar-refractivity contribution is 0.0933. The van der Waals surface area contributed by atoms with Gasteiger partial charge in [0.05, 0.1) is 36.0 Å². The molecule has 1 fully saturated rings. The molecular weight excluding hydrogens is 402 g/mol. The van der Waals surface area contributed by atoms with Crippen LogP contribution in [0.4, 0.5) is 11.4 Å². The second-order valence-corrected chi connectivity index (χ2v) is 8.57. The Morgan fingerprint density at radius 1 is 1.22 bits per heavy atom. The van der Waals surface area contributed by atoms with E-state index in [1.165, 1.54) is 24.6 Å². The van der Waals surface area contributed by atoms with E-state index >= 15 is 0 Å². The fourth-order valence-corrected chi connectivity index (χ4v) is 4.25. The molecule has 2 aliphatic rings. The van der Waals surface area contributed by atoms with Gasteiger partial charge in [-0.15, -0.1) is 0 Å². The first-order valence-corrected chi connectivity index (χ1v) is 10.8. The summed E-state index contributed by atoms with van der Waals surface area (Å²) in [4.78, 5) is 28.2. The molecule has 0 bridgehead atoms. The van der Waals surface area contributed by atoms with Gasteiger partial charge in [-0.25, -0.2) is 0 Å². The standard InChI is InChI=1S/C25H23N5O2/c1-16-15-29-23(22(14-27-29)24(31)28-20-4-2-3-19(12-20)13-26)25(32)30(16)21-9-7-18(8-10-21)11-17-5-6-17/h2-4,7-10,12,14,16-17H,5-6,11,15H2,1H3,(H,28,31). The second-order valence-electron chi connectivity index (χ2n) is 8.57. The van der Waals surface area contributed by atoms with Crippen LogP contribution in [-0.2, 0) is 13.0 Å². The molecule has 0 radical (unpaired) electrons. The van der Waals surface area contributed by atoms with Crippen molar-refractivity contribution >= 4 is 23.2 Å². The van der Waals surface area contributed by atoms with E-state index in [4.69, 9.17) is 5.26 Å². The van der Waals surface area contributed by atoms with Crippen molar-refractivity contribution in [3.8, 4) is 6.07 Å². The number of hydrogen-bond donors (Lipinski definition) is 1. The van der Waals surface area contributed by atoms with Gasteiger partial charge in [0.15, 0.2) is 0 Å². The molecule has 7 heteroatoms. The molecule has 1 atom stereocenters. The van der Waals surface area contributed by atoms with E-state index in [1.54, 1.807) is 33.8 Å². The number of rotatable bonds is 5. The van der Waals surface area contributed by atoms with E-state index < -0.39 is 5.91 Å². The summed E-state index contributed by atoms with van der Waals surface area (Å²) in [6.07, 6.45) is 5.14. The fourth-order valence-electron chi connectivity index (χ4n) is 4.25. The first kappa shape index (κ1) is 20.0. The minimum atomic E-state index is -0.427. The van der Waals surface area contributed by atoms with E-state index in [0.29, 0.717) is 17.8 Å². The zero-order chi connectivity index (χ0) is 22.2. The van der Waals surface area contributed by atoms with Crippen LogP contribution in [0.25, 0.3) is 0 Å². The zero-order valence-corrected chi connectivity index (χ0v) is 17.8. The van der Waals surface area contributed by atoms with Crippen molar-refractivity contribution in [3.05, 3.63) is 77.1 Å². The minimum Gasteiger partial charge on any atom is -0.322 e. The second kappa shape index (κ2) is 7.97. The summed E-state index contributed by atoms with van der Waals surface area (Å²) >= 11 is 0. The Hall–Kier alpha value is -3.92. The number of carbonyl (C=O) groups is 2. The number of benzene rings is 2. The number of carbonyl (C=O) groups excluding carboxylic acids is 2. The summed E-state index contributed by atoms with van der Waals surface area (Å²) in [5.74, 6) is 0.136. The maximum atomic E-state index is 13.5. The van der Waals surface area contributed by atoms with Crippen LogP contribution in [-0.4, -0.2) is 27.6 Å². The Morgan fingerprint density at radius 3 is 2.72 bits per heavy atom. The molecule has 2 amide bonds. The Bertz CT molecular complexity index is 1230. The fraction of sp³-hybridized carbons (Fsp3) is 0.280. The largest absolute Gasteiger partial charge is 0.322 e. The zero-order valence-electron chi connectivity index (χ0n) is 17.8. The first-order chi connectivity index (χ1) is 15.5. The summed E-state index contributed by atoms with van der Waals surface area (Å²) in [5.41, 5.74) is 3.55. The Kier molecular flexibility index (Phi) is 4.98. The average Bonchev–Trinajstić information content (AvgIpc) is 3.50. The highest BCUT2D eigenvalue weighted by Crippen LogP contribution is 2.33. The van der Waals surface area contributed by atoms with Crippen molar-refractivity contribution in [2.45, 2.75) is 38.8 Å². The molecule has 2 heterocycles. The number of nitrogens with one attached hydrogen (secondary N) is 1. The van der Waals surface area contributed by atoms with Gasteiger partial charge in [-0.3, -0.25) is 14.3 Å². The minimum absolute atomic E-state index is 0.0904. The quantitative estimate of drug-likeness (QED) is 0.669. The molecule has 2 aromatic carbocycles. The molecule has 3 aromatic rings. The number of fused-ring (bicyclic) bond motifs is 1. The van der Waals surface area contributed by atoms with Gasteiger partial charge in [0.1, 0.15) is 5.69 Å². The Labute approximate surface area is 186 Å². The molecule has 1 unspecified atom stereocenters. The number of hydrogen-bond acceptors (Lipinski definition) is 4. The number of aromatic nitrogens is 2. The summed E-state index contributed by atoms with van der Waals surface area (Å²) in [5, 5.41) is 16.1. The lowest BCUT2D eigenvalue weighted by atomic mass is 10.1. The predicted octanol–water partition coefficient (Wildman–Crippen LogP) is 4.01. The number of anilines is 2. The number of nitrogens with zero attached hydrogens (tertiary/aromatic N) is 4. The Balaban J connectivity index is 1.40. The monoisotopic (exact) mass is 425 g/mol. The van der Waals surface area contributed by atoms with Gasteiger partial charge in [-0.05, 0) is 68.0 Å². The van der Waals surface area contributed by atoms with Gasteiger partial charge in [0.25, 0.3) is 11.8 Å². The summed E-state index contributed by atoms with van der Waals surface area (Å²) in [7, 11) is 0. The van der Waals surface area contributed by atoms with E-state index in [0.717, 1.165) is 18.0 Å². The molecule has 32 heavy (non-hydrogen) atoms. The van der Waals surface area contributed by atoms with Crippen LogP contribution >= 0.6 is 0 Å². The van der Waals surface area contributed by atoms with Gasteiger partial charge in [0, 0.05) is 11.4 Å². The molecule has 1 aliphatic heterocycles. The van der Waals surface area contributed by atoms with Gasteiger partial charge in [0.2, 0.25) is 0 Å². The van der Waals surface area contributed by atoms with Crippen LogP contribution in [0.15, 0.2) is 54.7 Å². The Morgan fingerprint density at radius 2 is 2.00 bits per heavy atom. The van der Waals surface area contributed by atoms with Crippen LogP contribution in [0, 0.1) is 17.2 Å². The highest BCUT2D eigenvalue weighted by Gasteiger charge is 2.35. The van der Waals surface area contributed by atoms with Gasteiger partial charge in [-0.1, -0.05) is 18.2 Å². The van der Waals surface area contributed by atoms with Gasteiger partial charge >= 0.3 is 0 Å². The summed E-state index contributed by atoms with van der Waals surface area (Å²) in [6.45, 7) is 2.48. The van der Waals surface area contributed by atoms with E-state index in [9.17, 15) is 9.59 Å². The van der Waals surface area contributed by atoms with Crippen LogP contribution in [0.3, 0.4) is 0 Å². The van der Waals surface area contributed by atoms with Crippen molar-refractivity contribution in [3.63, 3.8) is 0 Å². The molecular formula is C25H23N5O2. The predicted molar refractivity (Wildman–Crippen MR) is 120 cm³/mol. The average molecular weight is 425 g/mol. The molecule has 1 aliphatic carbocycles. The number of amides is 2. The molecule has 160 valence electrons. The van der Waals surface area contributed by atoms with Crippen LogP contribution in [0.5, 0.6) is 0 Å². The molecule has 5 rings (SSSR count). The van der Waals surface area contributed by atoms with E-state index in [2.05, 4.69) is 28.6 Å². The maximum absolute atomic E-state index is 13.5. The normalized spacial score (nSPS) is 17.6. The molecule has 7 nitrogen and oxygen atoms in total. The summed E-state index contributed by atoms with van der Waals surface area (Å²) < 4.78 is 1.60. The van der Waals surface area contributed by atoms with Crippen molar-refractivity contribution in [1.29, 1.82) is 5.26 Å². The smallest absolute Gasteiger partial charge is 0.277 e. The third kappa shape index (κ3) is 3.76. The van der Waals surface area contributed by atoms with Crippen molar-refractivity contribution in [2.75, 3.05) is 10.2 Å². The van der Waals surface area contributed by atoms with Crippen LogP contribution in [0.2, 0.25) is 0 Å². The third-order valence-corrected chi connectivity index (χ3v) is 6.07. The highest BCUT2D eigenvalue weighted by atomic mass is 16.2. The third-order valence-electron chi connectivity index (χ3n) is 6.07. The molecule has 0 spiro atoms. The van der Waals surface area contributed by atoms with Gasteiger partial charge < -0.3 is 10.2 Å². The number of nitriles is 1. The van der Waals surface area contributed by atoms with Crippen LogP contribution in [0.1, 0.15) is 51.7 Å². The summed E-state index contributed by atoms with van der Waals surface area (Å²) in [6, 6.07) is 16.8. The SMILES string of the molecule is CC1Cn2ncc(C(=O)Nc3cccc(C#N)c3)c2C(=O)N1c1ccc(CC2CC2)cc1. The van der Waals surface area contributed by atoms with E-state index in [1.807, 2.05) is 19.1 Å². The highest BCUT2D eigenvalue weighted by molar-refractivity contribution is 6.15. The van der Waals surface area contributed by atoms with Crippen LogP contribution < -0.4 is 10.2 Å². The maximum Gasteiger partial charge on any atom is 0.277 e. The first-order valence-electron chi connectivity index (χ1n) is 10.8. The molecule has 0 saturated heterocycles. The molecule has 1 aromatic heterocycles. The lowest BCUT2D eigenvalue weighted by Crippen LogP contribution is -2.47. The molecule has 1 N–H and O–H groups in total.